The molecule has 1 aromatic rings. The van der Waals surface area contributed by atoms with Gasteiger partial charge in [0.2, 0.25) is 15.9 Å². The maximum atomic E-state index is 12.9. The van der Waals surface area contributed by atoms with Gasteiger partial charge in [0.05, 0.1) is 24.5 Å². The molecule has 0 aliphatic carbocycles. The van der Waals surface area contributed by atoms with Crippen LogP contribution in [0.3, 0.4) is 0 Å². The van der Waals surface area contributed by atoms with E-state index in [2.05, 4.69) is 0 Å². The van der Waals surface area contributed by atoms with Gasteiger partial charge in [0.15, 0.2) is 0 Å². The molecule has 1 amide bonds. The molecule has 0 atom stereocenters. The highest BCUT2D eigenvalue weighted by Crippen LogP contribution is 2.13. The lowest BCUT2D eigenvalue weighted by atomic mass is 10.3. The van der Waals surface area contributed by atoms with Crippen LogP contribution in [0.2, 0.25) is 0 Å². The van der Waals surface area contributed by atoms with E-state index in [1.807, 2.05) is 5.32 Å². The molecule has 0 radical (unpaired) electrons. The molecule has 0 bridgehead atoms. The highest BCUT2D eigenvalue weighted by molar-refractivity contribution is 7.89. The molecule has 0 spiro atoms. The number of carbonyl (C=O) groups excluding carboxylic acids is 1. The van der Waals surface area contributed by atoms with Gasteiger partial charge in [-0.2, -0.15) is 4.31 Å². The fraction of sp³-hybridized carbons (Fsp3) is 0.417. The number of alkyl halides is 2. The fourth-order valence-corrected chi connectivity index (χ4v) is 2.56. The minimum Gasteiger partial charge on any atom is -0.349 e. The fourth-order valence-electron chi connectivity index (χ4n) is 1.42. The van der Waals surface area contributed by atoms with Crippen molar-refractivity contribution in [3.63, 3.8) is 0 Å². The van der Waals surface area contributed by atoms with Gasteiger partial charge in [-0.05, 0) is 12.1 Å². The van der Waals surface area contributed by atoms with E-state index in [0.29, 0.717) is 0 Å². The number of hydrogen-bond donors (Lipinski definition) is 2. The molecule has 10 heteroatoms. The average Bonchev–Trinajstić information content (AvgIpc) is 2.46. The molecular weight excluding hydrogens is 340 g/mol. The predicted octanol–water partition coefficient (Wildman–Crippen LogP) is 0.439. The lowest BCUT2D eigenvalue weighted by Gasteiger charge is -2.18. The number of nitrogens with zero attached hydrogens (tertiary/aromatic N) is 1. The number of halogens is 3. The minimum absolute atomic E-state index is 0. The van der Waals surface area contributed by atoms with Crippen LogP contribution in [0.4, 0.5) is 8.78 Å². The first-order valence-electron chi connectivity index (χ1n) is 6.05. The first kappa shape index (κ1) is 20.7. The standard InChI is InChI=1S/C12H17F2N3O3S.ClH/c1-17(7-11(18)16-9-12(13,14)8-15)21(19,20)10-5-3-2-4-6-10;/h2-6H,7-9,15H2,1H3,(H,16,18);1H. The van der Waals surface area contributed by atoms with E-state index in [9.17, 15) is 22.0 Å². The molecule has 22 heavy (non-hydrogen) atoms. The summed E-state index contributed by atoms with van der Waals surface area (Å²) in [5, 5.41) is 1.95. The summed E-state index contributed by atoms with van der Waals surface area (Å²) in [6.45, 7) is -2.38. The Morgan fingerprint density at radius 2 is 1.86 bits per heavy atom. The number of benzene rings is 1. The van der Waals surface area contributed by atoms with Crippen molar-refractivity contribution in [2.45, 2.75) is 10.8 Å². The topological polar surface area (TPSA) is 92.5 Å². The van der Waals surface area contributed by atoms with E-state index in [1.54, 1.807) is 18.2 Å². The second kappa shape index (κ2) is 8.37. The molecular formula is C12H18ClF2N3O3S. The number of nitrogens with two attached hydrogens (primary N) is 1. The summed E-state index contributed by atoms with van der Waals surface area (Å²) in [6, 6.07) is 7.50. The molecule has 3 N–H and O–H groups in total. The molecule has 1 aromatic carbocycles. The number of hydrogen-bond acceptors (Lipinski definition) is 4. The van der Waals surface area contributed by atoms with E-state index >= 15 is 0 Å². The lowest BCUT2D eigenvalue weighted by Crippen LogP contribution is -2.45. The van der Waals surface area contributed by atoms with E-state index in [4.69, 9.17) is 5.73 Å². The van der Waals surface area contributed by atoms with Gasteiger partial charge in [-0.1, -0.05) is 18.2 Å². The molecule has 6 nitrogen and oxygen atoms in total. The Balaban J connectivity index is 0.00000441. The Labute approximate surface area is 134 Å². The van der Waals surface area contributed by atoms with E-state index in [1.165, 1.54) is 19.2 Å². The monoisotopic (exact) mass is 357 g/mol. The number of likely N-dealkylation sites (N-methyl/N-ethyl adjacent to an activating group) is 1. The SMILES string of the molecule is CN(CC(=O)NCC(F)(F)CN)S(=O)(=O)c1ccccc1.Cl. The van der Waals surface area contributed by atoms with Crippen LogP contribution in [-0.4, -0.2) is 51.2 Å². The molecule has 0 unspecified atom stereocenters. The lowest BCUT2D eigenvalue weighted by molar-refractivity contribution is -0.122. The number of amides is 1. The van der Waals surface area contributed by atoms with Crippen LogP contribution in [0.5, 0.6) is 0 Å². The van der Waals surface area contributed by atoms with Gasteiger partial charge in [-0.25, -0.2) is 17.2 Å². The van der Waals surface area contributed by atoms with E-state index in [-0.39, 0.29) is 17.3 Å². The van der Waals surface area contributed by atoms with Gasteiger partial charge in [-0.15, -0.1) is 12.4 Å². The Kier molecular flexibility index (Phi) is 7.88. The molecule has 0 aliphatic rings. The summed E-state index contributed by atoms with van der Waals surface area (Å²) in [5.41, 5.74) is 4.83. The van der Waals surface area contributed by atoms with Gasteiger partial charge < -0.3 is 11.1 Å². The molecule has 0 saturated heterocycles. The van der Waals surface area contributed by atoms with Crippen LogP contribution in [0.1, 0.15) is 0 Å². The normalized spacial score (nSPS) is 11.9. The maximum Gasteiger partial charge on any atom is 0.277 e. The number of nitrogens with one attached hydrogen (secondary N) is 1. The van der Waals surface area contributed by atoms with Crippen molar-refractivity contribution in [1.29, 1.82) is 0 Å². The largest absolute Gasteiger partial charge is 0.349 e. The Bertz CT molecular complexity index is 585. The molecule has 1 rings (SSSR count). The van der Waals surface area contributed by atoms with Gasteiger partial charge in [0, 0.05) is 7.05 Å². The van der Waals surface area contributed by atoms with E-state index in [0.717, 1.165) is 4.31 Å². The van der Waals surface area contributed by atoms with Crippen LogP contribution in [0.15, 0.2) is 35.2 Å². The van der Waals surface area contributed by atoms with Crippen molar-refractivity contribution in [2.75, 3.05) is 26.7 Å². The van der Waals surface area contributed by atoms with Crippen LogP contribution < -0.4 is 11.1 Å². The van der Waals surface area contributed by atoms with Gasteiger partial charge in [0.25, 0.3) is 5.92 Å². The second-order valence-electron chi connectivity index (χ2n) is 4.41. The zero-order chi connectivity index (χ0) is 16.1. The van der Waals surface area contributed by atoms with Crippen molar-refractivity contribution in [1.82, 2.24) is 9.62 Å². The molecule has 126 valence electrons. The molecule has 0 fully saturated rings. The second-order valence-corrected chi connectivity index (χ2v) is 6.46. The zero-order valence-electron chi connectivity index (χ0n) is 11.8. The van der Waals surface area contributed by atoms with E-state index < -0.39 is 41.5 Å². The molecule has 0 saturated carbocycles. The van der Waals surface area contributed by atoms with Crippen LogP contribution >= 0.6 is 12.4 Å². The zero-order valence-corrected chi connectivity index (χ0v) is 13.5. The number of sulfonamides is 1. The van der Waals surface area contributed by atoms with Crippen molar-refractivity contribution in [3.05, 3.63) is 30.3 Å². The summed E-state index contributed by atoms with van der Waals surface area (Å²) < 4.78 is 50.8. The number of rotatable bonds is 7. The van der Waals surface area contributed by atoms with Crippen LogP contribution in [0.25, 0.3) is 0 Å². The third-order valence-electron chi connectivity index (χ3n) is 2.66. The van der Waals surface area contributed by atoms with Crippen molar-refractivity contribution in [2.24, 2.45) is 5.73 Å². The first-order valence-corrected chi connectivity index (χ1v) is 7.49. The highest BCUT2D eigenvalue weighted by atomic mass is 35.5. The third kappa shape index (κ3) is 5.84. The van der Waals surface area contributed by atoms with Gasteiger partial charge >= 0.3 is 0 Å². The summed E-state index contributed by atoms with van der Waals surface area (Å²) in [5.74, 6) is -4.04. The average molecular weight is 358 g/mol. The highest BCUT2D eigenvalue weighted by Gasteiger charge is 2.28. The Morgan fingerprint density at radius 1 is 1.32 bits per heavy atom. The first-order chi connectivity index (χ1) is 9.69. The summed E-state index contributed by atoms with van der Waals surface area (Å²) >= 11 is 0. The smallest absolute Gasteiger partial charge is 0.277 e. The van der Waals surface area contributed by atoms with Crippen molar-refractivity contribution >= 4 is 28.3 Å². The van der Waals surface area contributed by atoms with Gasteiger partial charge in [-0.3, -0.25) is 4.79 Å². The summed E-state index contributed by atoms with van der Waals surface area (Å²) in [6.07, 6.45) is 0. The van der Waals surface area contributed by atoms with Crippen LogP contribution in [-0.2, 0) is 14.8 Å². The molecule has 0 aliphatic heterocycles. The van der Waals surface area contributed by atoms with Crippen molar-refractivity contribution in [3.8, 4) is 0 Å². The predicted molar refractivity (Wildman–Crippen MR) is 80.5 cm³/mol. The minimum atomic E-state index is -3.83. The third-order valence-corrected chi connectivity index (χ3v) is 4.48. The summed E-state index contributed by atoms with van der Waals surface area (Å²) in [7, 11) is -2.64. The van der Waals surface area contributed by atoms with Crippen LogP contribution in [0, 0.1) is 0 Å². The summed E-state index contributed by atoms with van der Waals surface area (Å²) in [4.78, 5) is 11.5. The molecule has 0 aromatic heterocycles. The quantitative estimate of drug-likeness (QED) is 0.740. The maximum absolute atomic E-state index is 12.9. The number of carbonyl (C=O) groups is 1. The molecule has 0 heterocycles. The Hall–Kier alpha value is -1.29. The van der Waals surface area contributed by atoms with Gasteiger partial charge in [0.1, 0.15) is 0 Å². The van der Waals surface area contributed by atoms with Crippen molar-refractivity contribution < 1.29 is 22.0 Å². The Morgan fingerprint density at radius 3 is 2.36 bits per heavy atom.